The highest BCUT2D eigenvalue weighted by Gasteiger charge is 2.13. The molecule has 108 valence electrons. The van der Waals surface area contributed by atoms with Gasteiger partial charge in [0.15, 0.2) is 0 Å². The molecule has 0 radical (unpaired) electrons. The van der Waals surface area contributed by atoms with Gasteiger partial charge in [-0.25, -0.2) is 0 Å². The van der Waals surface area contributed by atoms with E-state index in [1.54, 1.807) is 0 Å². The Labute approximate surface area is 138 Å². The molecule has 3 heteroatoms. The van der Waals surface area contributed by atoms with Crippen molar-refractivity contribution < 1.29 is 0 Å². The van der Waals surface area contributed by atoms with E-state index in [4.69, 9.17) is 0 Å². The molecule has 2 atom stereocenters. The van der Waals surface area contributed by atoms with Crippen molar-refractivity contribution in [2.45, 2.75) is 25.9 Å². The van der Waals surface area contributed by atoms with E-state index in [9.17, 15) is 0 Å². The third kappa shape index (κ3) is 3.37. The van der Waals surface area contributed by atoms with Gasteiger partial charge in [0.25, 0.3) is 0 Å². The number of rotatable bonds is 4. The fourth-order valence-electron chi connectivity index (χ4n) is 2.52. The second kappa shape index (κ2) is 6.30. The van der Waals surface area contributed by atoms with E-state index in [0.29, 0.717) is 12.1 Å². The van der Waals surface area contributed by atoms with Crippen LogP contribution in [0, 0.1) is 0 Å². The molecule has 0 saturated heterocycles. The van der Waals surface area contributed by atoms with Crippen LogP contribution in [0.4, 0.5) is 0 Å². The minimum absolute atomic E-state index is 0.332. The first-order valence-electron chi connectivity index (χ1n) is 7.13. The number of benzene rings is 2. The molecule has 1 aromatic heterocycles. The lowest BCUT2D eigenvalue weighted by atomic mass is 10.1. The number of fused-ring (bicyclic) bond motifs is 1. The SMILES string of the molecule is CC(N[C@@H](C)c1ccc(Br)cc1)c1cc2ccccc2s1. The fraction of sp³-hybridized carbons (Fsp3) is 0.222. The lowest BCUT2D eigenvalue weighted by Gasteiger charge is -2.19. The van der Waals surface area contributed by atoms with Crippen LogP contribution in [0.2, 0.25) is 0 Å². The van der Waals surface area contributed by atoms with E-state index in [1.165, 1.54) is 20.5 Å². The van der Waals surface area contributed by atoms with Crippen molar-refractivity contribution in [3.05, 3.63) is 69.5 Å². The van der Waals surface area contributed by atoms with Crippen molar-refractivity contribution >= 4 is 37.4 Å². The maximum atomic E-state index is 3.69. The van der Waals surface area contributed by atoms with Gasteiger partial charge in [0, 0.05) is 26.1 Å². The van der Waals surface area contributed by atoms with Gasteiger partial charge in [0.2, 0.25) is 0 Å². The Morgan fingerprint density at radius 3 is 2.38 bits per heavy atom. The molecule has 1 nitrogen and oxygen atoms in total. The van der Waals surface area contributed by atoms with Gasteiger partial charge in [-0.1, -0.05) is 46.3 Å². The molecule has 21 heavy (non-hydrogen) atoms. The average Bonchev–Trinajstić information content (AvgIpc) is 2.92. The average molecular weight is 360 g/mol. The molecule has 1 unspecified atom stereocenters. The molecular weight excluding hydrogens is 342 g/mol. The molecule has 1 heterocycles. The Morgan fingerprint density at radius 1 is 0.952 bits per heavy atom. The summed E-state index contributed by atoms with van der Waals surface area (Å²) in [5.41, 5.74) is 1.31. The number of nitrogens with one attached hydrogen (secondary N) is 1. The molecule has 0 saturated carbocycles. The Bertz CT molecular complexity index is 699. The predicted molar refractivity (Wildman–Crippen MR) is 95.9 cm³/mol. The number of hydrogen-bond donors (Lipinski definition) is 1. The first kappa shape index (κ1) is 14.8. The molecule has 3 rings (SSSR count). The number of halogens is 1. The lowest BCUT2D eigenvalue weighted by molar-refractivity contribution is 0.500. The van der Waals surface area contributed by atoms with Crippen LogP contribution in [0.15, 0.2) is 59.1 Å². The summed E-state index contributed by atoms with van der Waals surface area (Å²) < 4.78 is 2.48. The van der Waals surface area contributed by atoms with Crippen LogP contribution in [0.25, 0.3) is 10.1 Å². The van der Waals surface area contributed by atoms with Gasteiger partial charge in [0.05, 0.1) is 0 Å². The van der Waals surface area contributed by atoms with E-state index in [2.05, 4.69) is 89.7 Å². The van der Waals surface area contributed by atoms with Crippen LogP contribution in [0.1, 0.15) is 36.4 Å². The molecule has 0 bridgehead atoms. The van der Waals surface area contributed by atoms with E-state index in [1.807, 2.05) is 11.3 Å². The molecule has 2 aromatic carbocycles. The molecule has 0 aliphatic carbocycles. The Morgan fingerprint density at radius 2 is 1.67 bits per heavy atom. The maximum Gasteiger partial charge on any atom is 0.0391 e. The second-order valence-corrected chi connectivity index (χ2v) is 7.38. The van der Waals surface area contributed by atoms with E-state index < -0.39 is 0 Å². The van der Waals surface area contributed by atoms with Crippen molar-refractivity contribution in [2.24, 2.45) is 0 Å². The minimum Gasteiger partial charge on any atom is -0.303 e. The summed E-state index contributed by atoms with van der Waals surface area (Å²) in [6.07, 6.45) is 0. The van der Waals surface area contributed by atoms with Crippen LogP contribution >= 0.6 is 27.3 Å². The molecular formula is C18H18BrNS. The highest BCUT2D eigenvalue weighted by molar-refractivity contribution is 9.10. The molecule has 0 aliphatic rings. The smallest absolute Gasteiger partial charge is 0.0391 e. The lowest BCUT2D eigenvalue weighted by Crippen LogP contribution is -2.21. The minimum atomic E-state index is 0.332. The van der Waals surface area contributed by atoms with Crippen molar-refractivity contribution in [1.82, 2.24) is 5.32 Å². The third-order valence-corrected chi connectivity index (χ3v) is 5.57. The van der Waals surface area contributed by atoms with Gasteiger partial charge in [0.1, 0.15) is 0 Å². The third-order valence-electron chi connectivity index (χ3n) is 3.74. The molecule has 0 aliphatic heterocycles. The Kier molecular flexibility index (Phi) is 4.43. The Hall–Kier alpha value is -1.16. The van der Waals surface area contributed by atoms with Crippen LogP contribution in [-0.2, 0) is 0 Å². The summed E-state index contributed by atoms with van der Waals surface area (Å²) in [5.74, 6) is 0. The normalized spacial score (nSPS) is 14.2. The highest BCUT2D eigenvalue weighted by Crippen LogP contribution is 2.31. The zero-order valence-electron chi connectivity index (χ0n) is 12.1. The fourth-order valence-corrected chi connectivity index (χ4v) is 3.86. The summed E-state index contributed by atoms with van der Waals surface area (Å²) in [7, 11) is 0. The highest BCUT2D eigenvalue weighted by atomic mass is 79.9. The van der Waals surface area contributed by atoms with Gasteiger partial charge < -0.3 is 5.32 Å². The first-order valence-corrected chi connectivity index (χ1v) is 8.74. The topological polar surface area (TPSA) is 12.0 Å². The summed E-state index contributed by atoms with van der Waals surface area (Å²) in [4.78, 5) is 1.39. The van der Waals surface area contributed by atoms with Gasteiger partial charge >= 0.3 is 0 Å². The van der Waals surface area contributed by atoms with Crippen molar-refractivity contribution in [1.29, 1.82) is 0 Å². The summed E-state index contributed by atoms with van der Waals surface area (Å²) in [6.45, 7) is 4.45. The molecule has 3 aromatic rings. The zero-order chi connectivity index (χ0) is 14.8. The summed E-state index contributed by atoms with van der Waals surface area (Å²) >= 11 is 5.36. The maximum absolute atomic E-state index is 3.69. The van der Waals surface area contributed by atoms with Crippen LogP contribution < -0.4 is 5.32 Å². The summed E-state index contributed by atoms with van der Waals surface area (Å²) in [6, 6.07) is 20.1. The van der Waals surface area contributed by atoms with Crippen LogP contribution in [0.5, 0.6) is 0 Å². The monoisotopic (exact) mass is 359 g/mol. The number of thiophene rings is 1. The molecule has 0 spiro atoms. The molecule has 1 N–H and O–H groups in total. The van der Waals surface area contributed by atoms with E-state index in [0.717, 1.165) is 4.47 Å². The largest absolute Gasteiger partial charge is 0.303 e. The van der Waals surface area contributed by atoms with Crippen molar-refractivity contribution in [2.75, 3.05) is 0 Å². The van der Waals surface area contributed by atoms with Crippen LogP contribution in [0.3, 0.4) is 0 Å². The van der Waals surface area contributed by atoms with E-state index >= 15 is 0 Å². The Balaban J connectivity index is 1.75. The van der Waals surface area contributed by atoms with Gasteiger partial charge in [-0.2, -0.15) is 0 Å². The standard InChI is InChI=1S/C18H18BrNS/c1-12(14-7-9-16(19)10-8-14)20-13(2)18-11-15-5-3-4-6-17(15)21-18/h3-13,20H,1-2H3/t12-,13?/m0/s1. The van der Waals surface area contributed by atoms with Gasteiger partial charge in [-0.15, -0.1) is 11.3 Å². The van der Waals surface area contributed by atoms with Crippen molar-refractivity contribution in [3.8, 4) is 0 Å². The quantitative estimate of drug-likeness (QED) is 0.595. The molecule has 0 amide bonds. The number of hydrogen-bond acceptors (Lipinski definition) is 2. The van der Waals surface area contributed by atoms with Crippen LogP contribution in [-0.4, -0.2) is 0 Å². The second-order valence-electron chi connectivity index (χ2n) is 5.35. The first-order chi connectivity index (χ1) is 10.1. The van der Waals surface area contributed by atoms with Crippen molar-refractivity contribution in [3.63, 3.8) is 0 Å². The zero-order valence-corrected chi connectivity index (χ0v) is 14.5. The molecule has 0 fully saturated rings. The van der Waals surface area contributed by atoms with E-state index in [-0.39, 0.29) is 0 Å². The summed E-state index contributed by atoms with van der Waals surface area (Å²) in [5, 5.41) is 5.02. The van der Waals surface area contributed by atoms with Gasteiger partial charge in [-0.05, 0) is 49.1 Å². The predicted octanol–water partition coefficient (Wildman–Crippen LogP) is 6.08. The van der Waals surface area contributed by atoms with Gasteiger partial charge in [-0.3, -0.25) is 0 Å².